The zero-order chi connectivity index (χ0) is 14.8. The van der Waals surface area contributed by atoms with Crippen molar-refractivity contribution in [1.29, 1.82) is 5.26 Å². The second kappa shape index (κ2) is 5.66. The molecule has 1 aliphatic heterocycles. The fraction of sp³-hybridized carbons (Fsp3) is 0.214. The molecule has 0 amide bonds. The van der Waals surface area contributed by atoms with Gasteiger partial charge in [-0.05, 0) is 28.1 Å². The Kier molecular flexibility index (Phi) is 3.71. The Bertz CT molecular complexity index is 695. The highest BCUT2D eigenvalue weighted by Crippen LogP contribution is 2.29. The smallest absolute Gasteiger partial charge is 0.158 e. The van der Waals surface area contributed by atoms with Gasteiger partial charge in [0.15, 0.2) is 5.69 Å². The summed E-state index contributed by atoms with van der Waals surface area (Å²) in [6.45, 7) is 1.28. The second-order valence-corrected chi connectivity index (χ2v) is 5.45. The number of halogens is 2. The first kappa shape index (κ1) is 13.8. The Balaban J connectivity index is 1.60. The summed E-state index contributed by atoms with van der Waals surface area (Å²) >= 11 is 3.33. The molecule has 1 aromatic heterocycles. The highest BCUT2D eigenvalue weighted by Gasteiger charge is 2.30. The zero-order valence-electron chi connectivity index (χ0n) is 10.8. The third kappa shape index (κ3) is 2.95. The van der Waals surface area contributed by atoms with E-state index in [0.29, 0.717) is 24.7 Å². The fourth-order valence-corrected chi connectivity index (χ4v) is 2.33. The van der Waals surface area contributed by atoms with Crippen molar-refractivity contribution < 1.29 is 9.13 Å². The van der Waals surface area contributed by atoms with Crippen LogP contribution in [0.2, 0.25) is 0 Å². The van der Waals surface area contributed by atoms with Gasteiger partial charge < -0.3 is 9.64 Å². The van der Waals surface area contributed by atoms with Gasteiger partial charge in [-0.1, -0.05) is 0 Å². The number of hydrogen-bond donors (Lipinski definition) is 0. The van der Waals surface area contributed by atoms with Gasteiger partial charge in [-0.25, -0.2) is 14.4 Å². The van der Waals surface area contributed by atoms with Crippen LogP contribution in [0.5, 0.6) is 5.75 Å². The third-order valence-electron chi connectivity index (χ3n) is 3.11. The van der Waals surface area contributed by atoms with E-state index in [2.05, 4.69) is 25.9 Å². The number of ether oxygens (including phenoxy) is 1. The molecule has 1 fully saturated rings. The van der Waals surface area contributed by atoms with E-state index in [0.717, 1.165) is 4.47 Å². The zero-order valence-corrected chi connectivity index (χ0v) is 12.4. The number of aromatic nitrogens is 2. The van der Waals surface area contributed by atoms with E-state index in [-0.39, 0.29) is 17.6 Å². The maximum absolute atomic E-state index is 13.2. The van der Waals surface area contributed by atoms with Gasteiger partial charge in [0.1, 0.15) is 29.6 Å². The molecule has 7 heteroatoms. The van der Waals surface area contributed by atoms with Crippen molar-refractivity contribution in [3.05, 3.63) is 46.6 Å². The van der Waals surface area contributed by atoms with Crippen molar-refractivity contribution in [1.82, 2.24) is 9.97 Å². The Labute approximate surface area is 129 Å². The molecule has 0 bridgehead atoms. The lowest BCUT2D eigenvalue weighted by molar-refractivity contribution is 0.165. The van der Waals surface area contributed by atoms with Crippen molar-refractivity contribution in [2.24, 2.45) is 0 Å². The van der Waals surface area contributed by atoms with Crippen molar-refractivity contribution in [3.63, 3.8) is 0 Å². The summed E-state index contributed by atoms with van der Waals surface area (Å²) in [5.74, 6) is 0.861. The number of rotatable bonds is 3. The second-order valence-electron chi connectivity index (χ2n) is 4.59. The molecule has 0 N–H and O–H groups in total. The van der Waals surface area contributed by atoms with Gasteiger partial charge in [-0.2, -0.15) is 5.26 Å². The van der Waals surface area contributed by atoms with Crippen molar-refractivity contribution in [2.45, 2.75) is 6.10 Å². The lowest BCUT2D eigenvalue weighted by atomic mass is 10.1. The summed E-state index contributed by atoms with van der Waals surface area (Å²) in [7, 11) is 0. The van der Waals surface area contributed by atoms with Crippen LogP contribution in [0.3, 0.4) is 0 Å². The third-order valence-corrected chi connectivity index (χ3v) is 3.77. The maximum Gasteiger partial charge on any atom is 0.158 e. The minimum absolute atomic E-state index is 0.0273. The molecule has 0 aliphatic carbocycles. The van der Waals surface area contributed by atoms with Crippen LogP contribution < -0.4 is 9.64 Å². The molecule has 1 saturated heterocycles. The van der Waals surface area contributed by atoms with Gasteiger partial charge in [-0.15, -0.1) is 0 Å². The molecule has 0 saturated carbocycles. The van der Waals surface area contributed by atoms with Gasteiger partial charge in [0.25, 0.3) is 0 Å². The highest BCUT2D eigenvalue weighted by atomic mass is 79.9. The molecule has 21 heavy (non-hydrogen) atoms. The highest BCUT2D eigenvalue weighted by molar-refractivity contribution is 9.10. The van der Waals surface area contributed by atoms with E-state index in [1.54, 1.807) is 12.3 Å². The summed E-state index contributed by atoms with van der Waals surface area (Å²) in [6.07, 6.45) is 2.97. The first-order valence-electron chi connectivity index (χ1n) is 6.24. The normalized spacial score (nSPS) is 14.4. The lowest BCUT2D eigenvalue weighted by Crippen LogP contribution is -2.54. The van der Waals surface area contributed by atoms with E-state index < -0.39 is 0 Å². The van der Waals surface area contributed by atoms with Crippen LogP contribution in [0, 0.1) is 17.1 Å². The van der Waals surface area contributed by atoms with Crippen molar-refractivity contribution in [3.8, 4) is 11.8 Å². The van der Waals surface area contributed by atoms with E-state index >= 15 is 0 Å². The van der Waals surface area contributed by atoms with E-state index in [9.17, 15) is 4.39 Å². The Hall–Kier alpha value is -2.20. The molecule has 3 rings (SSSR count). The Morgan fingerprint density at radius 3 is 2.81 bits per heavy atom. The quantitative estimate of drug-likeness (QED) is 0.852. The predicted molar refractivity (Wildman–Crippen MR) is 77.5 cm³/mol. The van der Waals surface area contributed by atoms with Crippen LogP contribution >= 0.6 is 15.9 Å². The van der Waals surface area contributed by atoms with Crippen LogP contribution in [0.25, 0.3) is 0 Å². The Morgan fingerprint density at radius 1 is 1.33 bits per heavy atom. The topological polar surface area (TPSA) is 62.0 Å². The molecular weight excluding hydrogens is 339 g/mol. The first-order valence-corrected chi connectivity index (χ1v) is 7.04. The minimum Gasteiger partial charge on any atom is -0.485 e. The summed E-state index contributed by atoms with van der Waals surface area (Å²) in [5, 5.41) is 8.67. The molecule has 0 unspecified atom stereocenters. The molecule has 5 nitrogen and oxygen atoms in total. The maximum atomic E-state index is 13.2. The van der Waals surface area contributed by atoms with Gasteiger partial charge in [-0.3, -0.25) is 0 Å². The van der Waals surface area contributed by atoms with E-state index in [1.165, 1.54) is 18.3 Å². The van der Waals surface area contributed by atoms with Gasteiger partial charge in [0, 0.05) is 6.07 Å². The van der Waals surface area contributed by atoms with Crippen LogP contribution in [-0.2, 0) is 0 Å². The number of benzene rings is 1. The van der Waals surface area contributed by atoms with Crippen molar-refractivity contribution >= 4 is 21.7 Å². The van der Waals surface area contributed by atoms with Crippen LogP contribution in [0.15, 0.2) is 35.1 Å². The standard InChI is InChI=1S/C14H10BrFN4O/c15-12-2-1-9(16)3-13(12)21-11-7-20(8-11)14-6-18-10(4-17)5-19-14/h1-3,5-6,11H,7-8H2. The monoisotopic (exact) mass is 348 g/mol. The van der Waals surface area contributed by atoms with Crippen molar-refractivity contribution in [2.75, 3.05) is 18.0 Å². The van der Waals surface area contributed by atoms with Crippen LogP contribution in [0.1, 0.15) is 5.69 Å². The summed E-state index contributed by atoms with van der Waals surface area (Å²) in [6, 6.07) is 6.27. The number of hydrogen-bond acceptors (Lipinski definition) is 5. The van der Waals surface area contributed by atoms with Gasteiger partial charge in [0.2, 0.25) is 0 Å². The average Bonchev–Trinajstić information content (AvgIpc) is 2.46. The summed E-state index contributed by atoms with van der Waals surface area (Å²) in [4.78, 5) is 10.1. The summed E-state index contributed by atoms with van der Waals surface area (Å²) < 4.78 is 19.6. The molecule has 2 aromatic rings. The molecule has 0 spiro atoms. The largest absolute Gasteiger partial charge is 0.485 e. The molecule has 106 valence electrons. The van der Waals surface area contributed by atoms with E-state index in [1.807, 2.05) is 11.0 Å². The minimum atomic E-state index is -0.331. The van der Waals surface area contributed by atoms with Gasteiger partial charge >= 0.3 is 0 Å². The van der Waals surface area contributed by atoms with E-state index in [4.69, 9.17) is 10.00 Å². The predicted octanol–water partition coefficient (Wildman–Crippen LogP) is 2.52. The molecule has 1 aromatic carbocycles. The van der Waals surface area contributed by atoms with Crippen LogP contribution in [-0.4, -0.2) is 29.2 Å². The first-order chi connectivity index (χ1) is 10.2. The molecular formula is C14H10BrFN4O. The molecule has 0 atom stereocenters. The molecule has 1 aliphatic rings. The fourth-order valence-electron chi connectivity index (χ4n) is 1.99. The lowest BCUT2D eigenvalue weighted by Gasteiger charge is -2.39. The molecule has 0 radical (unpaired) electrons. The average molecular weight is 349 g/mol. The van der Waals surface area contributed by atoms with Gasteiger partial charge in [0.05, 0.1) is 30.0 Å². The number of nitriles is 1. The number of anilines is 1. The van der Waals surface area contributed by atoms with Crippen LogP contribution in [0.4, 0.5) is 10.2 Å². The molecule has 2 heterocycles. The number of nitrogens with zero attached hydrogens (tertiary/aromatic N) is 4. The summed E-state index contributed by atoms with van der Waals surface area (Å²) in [5.41, 5.74) is 0.288. The SMILES string of the molecule is N#Cc1cnc(N2CC(Oc3cc(F)ccc3Br)C2)cn1. The Morgan fingerprint density at radius 2 is 2.14 bits per heavy atom.